The monoisotopic (exact) mass is 492 g/mol. The third kappa shape index (κ3) is 5.07. The molecule has 5 rings (SSSR count). The van der Waals surface area contributed by atoms with E-state index in [-0.39, 0.29) is 17.3 Å². The van der Waals surface area contributed by atoms with Gasteiger partial charge < -0.3 is 19.2 Å². The summed E-state index contributed by atoms with van der Waals surface area (Å²) >= 11 is 0. The van der Waals surface area contributed by atoms with E-state index in [1.165, 1.54) is 16.4 Å². The summed E-state index contributed by atoms with van der Waals surface area (Å²) in [5.74, 6) is 0.935. The quantitative estimate of drug-likeness (QED) is 0.413. The number of nitrogens with one attached hydrogen (secondary N) is 1. The van der Waals surface area contributed by atoms with Crippen molar-refractivity contribution in [3.8, 4) is 5.75 Å². The molecular formula is C26H24N2O6S. The summed E-state index contributed by atoms with van der Waals surface area (Å²) in [4.78, 5) is 12.8. The summed E-state index contributed by atoms with van der Waals surface area (Å²) in [6.45, 7) is 1.59. The highest BCUT2D eigenvalue weighted by molar-refractivity contribution is 7.89. The van der Waals surface area contributed by atoms with Crippen molar-refractivity contribution in [2.45, 2.75) is 11.5 Å². The van der Waals surface area contributed by atoms with Crippen LogP contribution in [-0.2, 0) is 21.4 Å². The molecule has 2 heterocycles. The van der Waals surface area contributed by atoms with Crippen molar-refractivity contribution in [2.24, 2.45) is 0 Å². The van der Waals surface area contributed by atoms with Crippen molar-refractivity contribution < 1.29 is 27.1 Å². The normalized spacial score (nSPS) is 14.6. The number of nitrogens with zero attached hydrogens (tertiary/aromatic N) is 1. The fourth-order valence-electron chi connectivity index (χ4n) is 3.89. The molecule has 180 valence electrons. The lowest BCUT2D eigenvalue weighted by molar-refractivity contribution is 0.0730. The van der Waals surface area contributed by atoms with E-state index in [0.717, 1.165) is 16.5 Å². The van der Waals surface area contributed by atoms with Crippen LogP contribution in [0.5, 0.6) is 5.75 Å². The maximum absolute atomic E-state index is 12.7. The van der Waals surface area contributed by atoms with Crippen molar-refractivity contribution in [3.05, 3.63) is 90.4 Å². The second-order valence-electron chi connectivity index (χ2n) is 8.03. The molecule has 1 saturated heterocycles. The fourth-order valence-corrected chi connectivity index (χ4v) is 5.29. The smallest absolute Gasteiger partial charge is 0.291 e. The molecule has 35 heavy (non-hydrogen) atoms. The molecular weight excluding hydrogens is 468 g/mol. The number of hydrogen-bond donors (Lipinski definition) is 1. The number of ether oxygens (including phenoxy) is 2. The molecule has 0 atom stereocenters. The van der Waals surface area contributed by atoms with Gasteiger partial charge in [-0.3, -0.25) is 4.79 Å². The minimum absolute atomic E-state index is 0.131. The van der Waals surface area contributed by atoms with Gasteiger partial charge in [0.2, 0.25) is 10.0 Å². The molecule has 1 amide bonds. The molecule has 1 aromatic heterocycles. The number of hydrogen-bond acceptors (Lipinski definition) is 6. The second kappa shape index (κ2) is 9.91. The Morgan fingerprint density at radius 3 is 2.46 bits per heavy atom. The first-order valence-corrected chi connectivity index (χ1v) is 12.6. The predicted octanol–water partition coefficient (Wildman–Crippen LogP) is 4.29. The van der Waals surface area contributed by atoms with E-state index < -0.39 is 15.9 Å². The minimum atomic E-state index is -3.59. The number of furan rings is 1. The molecule has 0 bridgehead atoms. The van der Waals surface area contributed by atoms with Gasteiger partial charge in [0, 0.05) is 24.2 Å². The number of rotatable bonds is 7. The first-order valence-electron chi connectivity index (χ1n) is 11.2. The first kappa shape index (κ1) is 23.1. The van der Waals surface area contributed by atoms with Gasteiger partial charge in [0.15, 0.2) is 5.76 Å². The van der Waals surface area contributed by atoms with Gasteiger partial charge in [0.1, 0.15) is 18.1 Å². The third-order valence-electron chi connectivity index (χ3n) is 5.73. The van der Waals surface area contributed by atoms with E-state index in [2.05, 4.69) is 5.32 Å². The molecule has 1 N–H and O–H groups in total. The number of benzene rings is 3. The minimum Gasteiger partial charge on any atom is -0.485 e. The molecule has 4 aromatic rings. The number of fused-ring (bicyclic) bond motifs is 1. The average Bonchev–Trinajstić information content (AvgIpc) is 3.38. The second-order valence-corrected chi connectivity index (χ2v) is 9.96. The molecule has 0 radical (unpaired) electrons. The first-order chi connectivity index (χ1) is 17.0. The van der Waals surface area contributed by atoms with Crippen LogP contribution in [0.15, 0.2) is 88.2 Å². The molecule has 0 unspecified atom stereocenters. The maximum atomic E-state index is 12.7. The van der Waals surface area contributed by atoms with E-state index in [1.54, 1.807) is 24.3 Å². The Hall–Kier alpha value is -3.66. The molecule has 1 fully saturated rings. The lowest BCUT2D eigenvalue weighted by Gasteiger charge is -2.26. The van der Waals surface area contributed by atoms with Gasteiger partial charge in [0.05, 0.1) is 18.1 Å². The number of morpholine rings is 1. The molecule has 1 aliphatic heterocycles. The topological polar surface area (TPSA) is 98.1 Å². The highest BCUT2D eigenvalue weighted by Gasteiger charge is 2.26. The van der Waals surface area contributed by atoms with E-state index >= 15 is 0 Å². The Morgan fingerprint density at radius 2 is 1.66 bits per heavy atom. The fraction of sp³-hybridized carbons (Fsp3) is 0.192. The van der Waals surface area contributed by atoms with E-state index in [4.69, 9.17) is 13.9 Å². The van der Waals surface area contributed by atoms with Crippen LogP contribution in [0.25, 0.3) is 10.8 Å². The van der Waals surface area contributed by atoms with Gasteiger partial charge in [-0.15, -0.1) is 0 Å². The summed E-state index contributed by atoms with van der Waals surface area (Å²) in [6, 6.07) is 23.1. The van der Waals surface area contributed by atoms with Crippen molar-refractivity contribution in [2.75, 3.05) is 31.6 Å². The maximum Gasteiger partial charge on any atom is 0.291 e. The van der Waals surface area contributed by atoms with Crippen LogP contribution in [0.3, 0.4) is 0 Å². The highest BCUT2D eigenvalue weighted by Crippen LogP contribution is 2.26. The Balaban J connectivity index is 1.21. The zero-order valence-corrected chi connectivity index (χ0v) is 19.7. The number of carbonyl (C=O) groups excluding carboxylic acids is 1. The van der Waals surface area contributed by atoms with Crippen LogP contribution < -0.4 is 10.1 Å². The predicted molar refractivity (Wildman–Crippen MR) is 131 cm³/mol. The molecule has 1 aliphatic rings. The van der Waals surface area contributed by atoms with Gasteiger partial charge in [-0.05, 0) is 47.9 Å². The molecule has 9 heteroatoms. The average molecular weight is 493 g/mol. The number of anilines is 1. The van der Waals surface area contributed by atoms with Crippen molar-refractivity contribution in [1.29, 1.82) is 0 Å². The summed E-state index contributed by atoms with van der Waals surface area (Å²) in [6.07, 6.45) is 0. The Morgan fingerprint density at radius 1 is 0.914 bits per heavy atom. The van der Waals surface area contributed by atoms with Crippen molar-refractivity contribution in [1.82, 2.24) is 4.31 Å². The molecule has 0 aliphatic carbocycles. The van der Waals surface area contributed by atoms with E-state index in [9.17, 15) is 13.2 Å². The third-order valence-corrected chi connectivity index (χ3v) is 7.64. The summed E-state index contributed by atoms with van der Waals surface area (Å²) in [5, 5.41) is 4.80. The Labute approximate surface area is 203 Å². The summed E-state index contributed by atoms with van der Waals surface area (Å²) < 4.78 is 43.7. The van der Waals surface area contributed by atoms with Crippen molar-refractivity contribution in [3.63, 3.8) is 0 Å². The van der Waals surface area contributed by atoms with Gasteiger partial charge in [-0.25, -0.2) is 8.42 Å². The summed E-state index contributed by atoms with van der Waals surface area (Å²) in [7, 11) is -3.59. The zero-order chi connectivity index (χ0) is 24.3. The molecule has 3 aromatic carbocycles. The lowest BCUT2D eigenvalue weighted by atomic mass is 10.1. The van der Waals surface area contributed by atoms with Gasteiger partial charge >= 0.3 is 0 Å². The molecule has 8 nitrogen and oxygen atoms in total. The number of sulfonamides is 1. The lowest BCUT2D eigenvalue weighted by Crippen LogP contribution is -2.40. The van der Waals surface area contributed by atoms with Crippen LogP contribution in [0, 0.1) is 0 Å². The highest BCUT2D eigenvalue weighted by atomic mass is 32.2. The Bertz CT molecular complexity index is 1430. The van der Waals surface area contributed by atoms with Crippen LogP contribution in [0.2, 0.25) is 0 Å². The number of carbonyl (C=O) groups is 1. The van der Waals surface area contributed by atoms with Gasteiger partial charge in [-0.2, -0.15) is 4.31 Å². The zero-order valence-electron chi connectivity index (χ0n) is 18.8. The largest absolute Gasteiger partial charge is 0.485 e. The van der Waals surface area contributed by atoms with E-state index in [0.29, 0.717) is 37.8 Å². The van der Waals surface area contributed by atoms with Crippen LogP contribution in [0.4, 0.5) is 5.69 Å². The van der Waals surface area contributed by atoms with Crippen LogP contribution >= 0.6 is 0 Å². The van der Waals surface area contributed by atoms with Crippen LogP contribution in [-0.4, -0.2) is 44.9 Å². The van der Waals surface area contributed by atoms with E-state index in [1.807, 2.05) is 42.5 Å². The van der Waals surface area contributed by atoms with Crippen molar-refractivity contribution >= 4 is 32.4 Å². The molecule has 0 saturated carbocycles. The summed E-state index contributed by atoms with van der Waals surface area (Å²) in [5.41, 5.74) is 0.459. The van der Waals surface area contributed by atoms with Crippen LogP contribution in [0.1, 0.15) is 16.3 Å². The number of amides is 1. The van der Waals surface area contributed by atoms with Gasteiger partial charge in [0.25, 0.3) is 5.91 Å². The Kier molecular flexibility index (Phi) is 6.54. The standard InChI is InChI=1S/C26H24N2O6S/c29-26(27-20-8-11-22(12-9-20)35(30,31)28-14-16-32-17-15-28)25-13-10-21(34-25)18-33-24-7-3-5-19-4-1-2-6-23(19)24/h1-13H,14-18H2,(H,27,29). The molecule has 0 spiro atoms. The SMILES string of the molecule is O=C(Nc1ccc(S(=O)(=O)N2CCOCC2)cc1)c1ccc(COc2cccc3ccccc23)o1. The van der Waals surface area contributed by atoms with Gasteiger partial charge in [-0.1, -0.05) is 36.4 Å².